The van der Waals surface area contributed by atoms with Crippen LogP contribution in [0.2, 0.25) is 0 Å². The first-order valence-electron chi connectivity index (χ1n) is 8.21. The molecule has 2 aromatic carbocycles. The van der Waals surface area contributed by atoms with Gasteiger partial charge in [-0.1, -0.05) is 32.0 Å². The predicted molar refractivity (Wildman–Crippen MR) is 96.7 cm³/mol. The number of aryl methyl sites for hydroxylation is 1. The maximum absolute atomic E-state index is 12.3. The highest BCUT2D eigenvalue weighted by Crippen LogP contribution is 2.19. The zero-order valence-corrected chi connectivity index (χ0v) is 14.7. The molecule has 4 heteroatoms. The molecule has 0 spiro atoms. The van der Waals surface area contributed by atoms with Crippen LogP contribution in [-0.4, -0.2) is 18.6 Å². The molecule has 1 atom stereocenters. The number of carbonyl (C=O) groups is 1. The van der Waals surface area contributed by atoms with Crippen LogP contribution in [0.5, 0.6) is 11.5 Å². The minimum absolute atomic E-state index is 0.186. The number of ether oxygens (including phenoxy) is 2. The van der Waals surface area contributed by atoms with Gasteiger partial charge in [0.15, 0.2) is 6.10 Å². The largest absolute Gasteiger partial charge is 0.493 e. The average molecular weight is 327 g/mol. The molecule has 0 saturated heterocycles. The highest BCUT2D eigenvalue weighted by molar-refractivity contribution is 5.94. The number of rotatable bonds is 7. The number of amides is 1. The fourth-order valence-electron chi connectivity index (χ4n) is 2.07. The van der Waals surface area contributed by atoms with Gasteiger partial charge in [0.25, 0.3) is 5.91 Å². The monoisotopic (exact) mass is 327 g/mol. The quantitative estimate of drug-likeness (QED) is 0.818. The van der Waals surface area contributed by atoms with E-state index in [0.29, 0.717) is 12.5 Å². The van der Waals surface area contributed by atoms with Crippen LogP contribution in [0.3, 0.4) is 0 Å². The Hall–Kier alpha value is -2.49. The summed E-state index contributed by atoms with van der Waals surface area (Å²) < 4.78 is 11.4. The lowest BCUT2D eigenvalue weighted by Gasteiger charge is -2.16. The molecular weight excluding hydrogens is 302 g/mol. The molecule has 0 fully saturated rings. The van der Waals surface area contributed by atoms with Crippen molar-refractivity contribution in [3.05, 3.63) is 54.1 Å². The first-order valence-corrected chi connectivity index (χ1v) is 8.21. The van der Waals surface area contributed by atoms with Crippen LogP contribution in [0.15, 0.2) is 48.5 Å². The Morgan fingerprint density at radius 3 is 2.33 bits per heavy atom. The average Bonchev–Trinajstić information content (AvgIpc) is 2.56. The Bertz CT molecular complexity index is 665. The second-order valence-corrected chi connectivity index (χ2v) is 6.24. The molecule has 0 radical (unpaired) electrons. The summed E-state index contributed by atoms with van der Waals surface area (Å²) in [7, 11) is 0. The first-order chi connectivity index (χ1) is 11.5. The highest BCUT2D eigenvalue weighted by atomic mass is 16.5. The van der Waals surface area contributed by atoms with Crippen LogP contribution in [0.4, 0.5) is 5.69 Å². The molecule has 0 heterocycles. The van der Waals surface area contributed by atoms with Gasteiger partial charge in [0.2, 0.25) is 0 Å². The second kappa shape index (κ2) is 8.39. The molecule has 0 aliphatic heterocycles. The Morgan fingerprint density at radius 1 is 1.04 bits per heavy atom. The highest BCUT2D eigenvalue weighted by Gasteiger charge is 2.15. The Morgan fingerprint density at radius 2 is 1.71 bits per heavy atom. The normalized spacial score (nSPS) is 11.9. The van der Waals surface area contributed by atoms with Crippen molar-refractivity contribution in [2.45, 2.75) is 33.8 Å². The number of hydrogen-bond donors (Lipinski definition) is 1. The molecule has 2 aromatic rings. The molecule has 2 rings (SSSR count). The topological polar surface area (TPSA) is 47.6 Å². The summed E-state index contributed by atoms with van der Waals surface area (Å²) in [5, 5.41) is 2.85. The van der Waals surface area contributed by atoms with E-state index in [1.165, 1.54) is 0 Å². The van der Waals surface area contributed by atoms with E-state index >= 15 is 0 Å². The van der Waals surface area contributed by atoms with Crippen molar-refractivity contribution >= 4 is 11.6 Å². The Labute approximate surface area is 143 Å². The van der Waals surface area contributed by atoms with Gasteiger partial charge in [-0.05, 0) is 55.7 Å². The number of para-hydroxylation sites is 1. The standard InChI is InChI=1S/C20H25NO3/c1-14(2)13-23-18-11-9-17(10-12-18)21-20(22)16(4)24-19-8-6-5-7-15(19)3/h5-12,14,16H,13H2,1-4H3,(H,21,22). The maximum atomic E-state index is 12.3. The molecule has 1 unspecified atom stereocenters. The van der Waals surface area contributed by atoms with Gasteiger partial charge in [-0.25, -0.2) is 0 Å². The van der Waals surface area contributed by atoms with Crippen molar-refractivity contribution in [3.63, 3.8) is 0 Å². The maximum Gasteiger partial charge on any atom is 0.265 e. The number of anilines is 1. The summed E-state index contributed by atoms with van der Waals surface area (Å²) >= 11 is 0. The molecule has 128 valence electrons. The molecule has 1 amide bonds. The van der Waals surface area contributed by atoms with Crippen LogP contribution in [0, 0.1) is 12.8 Å². The van der Waals surface area contributed by atoms with Crippen LogP contribution in [0.25, 0.3) is 0 Å². The fraction of sp³-hybridized carbons (Fsp3) is 0.350. The van der Waals surface area contributed by atoms with Gasteiger partial charge in [0, 0.05) is 5.69 Å². The van der Waals surface area contributed by atoms with Gasteiger partial charge in [-0.15, -0.1) is 0 Å². The SMILES string of the molecule is Cc1ccccc1OC(C)C(=O)Nc1ccc(OCC(C)C)cc1. The third-order valence-electron chi connectivity index (χ3n) is 3.47. The number of hydrogen-bond acceptors (Lipinski definition) is 3. The van der Waals surface area contributed by atoms with Gasteiger partial charge >= 0.3 is 0 Å². The van der Waals surface area contributed by atoms with Crippen LogP contribution in [-0.2, 0) is 4.79 Å². The van der Waals surface area contributed by atoms with Crippen LogP contribution < -0.4 is 14.8 Å². The van der Waals surface area contributed by atoms with Gasteiger partial charge in [-0.3, -0.25) is 4.79 Å². The molecule has 1 N–H and O–H groups in total. The molecule has 0 aliphatic rings. The van der Waals surface area contributed by atoms with E-state index in [-0.39, 0.29) is 5.91 Å². The zero-order valence-electron chi connectivity index (χ0n) is 14.7. The molecule has 0 aliphatic carbocycles. The van der Waals surface area contributed by atoms with Crippen LogP contribution in [0.1, 0.15) is 26.3 Å². The summed E-state index contributed by atoms with van der Waals surface area (Å²) in [6, 6.07) is 15.0. The summed E-state index contributed by atoms with van der Waals surface area (Å²) in [5.74, 6) is 1.81. The second-order valence-electron chi connectivity index (χ2n) is 6.24. The lowest BCUT2D eigenvalue weighted by Crippen LogP contribution is -2.30. The van der Waals surface area contributed by atoms with E-state index in [1.54, 1.807) is 6.92 Å². The minimum Gasteiger partial charge on any atom is -0.493 e. The number of carbonyl (C=O) groups excluding carboxylic acids is 1. The summed E-state index contributed by atoms with van der Waals surface area (Å²) in [5.41, 5.74) is 1.72. The van der Waals surface area contributed by atoms with Gasteiger partial charge < -0.3 is 14.8 Å². The smallest absolute Gasteiger partial charge is 0.265 e. The van der Waals surface area contributed by atoms with Crippen molar-refractivity contribution in [3.8, 4) is 11.5 Å². The van der Waals surface area contributed by atoms with Crippen LogP contribution >= 0.6 is 0 Å². The van der Waals surface area contributed by atoms with E-state index < -0.39 is 6.10 Å². The van der Waals surface area contributed by atoms with E-state index in [9.17, 15) is 4.79 Å². The number of nitrogens with one attached hydrogen (secondary N) is 1. The zero-order chi connectivity index (χ0) is 17.5. The molecule has 0 bridgehead atoms. The van der Waals surface area contributed by atoms with Crippen molar-refractivity contribution in [1.29, 1.82) is 0 Å². The number of benzene rings is 2. The third kappa shape index (κ3) is 5.30. The third-order valence-corrected chi connectivity index (χ3v) is 3.47. The van der Waals surface area contributed by atoms with Crippen molar-refractivity contribution in [1.82, 2.24) is 0 Å². The first kappa shape index (κ1) is 17.9. The van der Waals surface area contributed by atoms with Gasteiger partial charge in [0.1, 0.15) is 11.5 Å². The van der Waals surface area contributed by atoms with E-state index in [2.05, 4.69) is 19.2 Å². The van der Waals surface area contributed by atoms with E-state index in [1.807, 2.05) is 55.5 Å². The van der Waals surface area contributed by atoms with Crippen molar-refractivity contribution in [2.75, 3.05) is 11.9 Å². The fourth-order valence-corrected chi connectivity index (χ4v) is 2.07. The van der Waals surface area contributed by atoms with E-state index in [4.69, 9.17) is 9.47 Å². The summed E-state index contributed by atoms with van der Waals surface area (Å²) in [6.45, 7) is 8.57. The molecule has 4 nitrogen and oxygen atoms in total. The van der Waals surface area contributed by atoms with Crippen molar-refractivity contribution < 1.29 is 14.3 Å². The predicted octanol–water partition coefficient (Wildman–Crippen LogP) is 4.44. The summed E-state index contributed by atoms with van der Waals surface area (Å²) in [4.78, 5) is 12.3. The molecule has 24 heavy (non-hydrogen) atoms. The van der Waals surface area contributed by atoms with Crippen molar-refractivity contribution in [2.24, 2.45) is 5.92 Å². The molecule has 0 aromatic heterocycles. The van der Waals surface area contributed by atoms with E-state index in [0.717, 1.165) is 22.7 Å². The molecular formula is C20H25NO3. The lowest BCUT2D eigenvalue weighted by molar-refractivity contribution is -0.122. The van der Waals surface area contributed by atoms with Gasteiger partial charge in [-0.2, -0.15) is 0 Å². The molecule has 0 saturated carbocycles. The summed E-state index contributed by atoms with van der Waals surface area (Å²) in [6.07, 6.45) is -0.581. The Kier molecular flexibility index (Phi) is 6.24. The minimum atomic E-state index is -0.581. The Balaban J connectivity index is 1.90. The lowest BCUT2D eigenvalue weighted by atomic mass is 10.2. The van der Waals surface area contributed by atoms with Gasteiger partial charge in [0.05, 0.1) is 6.61 Å².